The fraction of sp³-hybridized carbons (Fsp3) is 0.172. The van der Waals surface area contributed by atoms with Gasteiger partial charge in [-0.2, -0.15) is 0 Å². The number of aliphatic carboxylic acids is 1. The van der Waals surface area contributed by atoms with Crippen LogP contribution in [-0.2, 0) is 4.79 Å². The minimum absolute atomic E-state index is 0. The van der Waals surface area contributed by atoms with Crippen molar-refractivity contribution in [3.8, 4) is 16.2 Å². The van der Waals surface area contributed by atoms with E-state index >= 15 is 0 Å². The van der Waals surface area contributed by atoms with Crippen LogP contribution in [-0.4, -0.2) is 18.4 Å². The topological polar surface area (TPSA) is 66.4 Å². The van der Waals surface area contributed by atoms with E-state index in [0.717, 1.165) is 32.5 Å². The zero-order chi connectivity index (χ0) is 24.4. The van der Waals surface area contributed by atoms with E-state index in [9.17, 15) is 14.7 Å². The van der Waals surface area contributed by atoms with Crippen molar-refractivity contribution < 1.29 is 49.0 Å². The molecule has 35 heavy (non-hydrogen) atoms. The van der Waals surface area contributed by atoms with Gasteiger partial charge >= 0.3 is 29.6 Å². The number of rotatable bonds is 7. The summed E-state index contributed by atoms with van der Waals surface area (Å²) >= 11 is 1.69. The minimum atomic E-state index is -1.30. The average molecular weight is 493 g/mol. The largest absolute Gasteiger partial charge is 1.00 e. The first-order valence-electron chi connectivity index (χ1n) is 11.0. The zero-order valence-corrected chi connectivity index (χ0v) is 23.4. The standard InChI is InChI=1S/C29H26O4S.Na/c1-17-11-23(12-18(2)20(17)4)25(30)10-9-21-14-24(19(3)13-26(21)33-16-29(31)32)28-15-22-7-5-6-8-27(22)34-28;/h5-15H,16H2,1-4H3,(H,31,32);/q;+1/p-1/b10-9+;. The summed E-state index contributed by atoms with van der Waals surface area (Å²) in [7, 11) is 0. The molecule has 0 aliphatic carbocycles. The van der Waals surface area contributed by atoms with E-state index in [0.29, 0.717) is 16.9 Å². The molecule has 0 aliphatic rings. The van der Waals surface area contributed by atoms with Crippen LogP contribution in [0.3, 0.4) is 0 Å². The van der Waals surface area contributed by atoms with Crippen LogP contribution in [0.2, 0.25) is 0 Å². The van der Waals surface area contributed by atoms with Crippen LogP contribution in [0.15, 0.2) is 60.7 Å². The number of hydrogen-bond donors (Lipinski definition) is 0. The molecule has 3 aromatic carbocycles. The molecule has 6 heteroatoms. The molecule has 0 atom stereocenters. The van der Waals surface area contributed by atoms with Crippen molar-refractivity contribution in [3.05, 3.63) is 94.1 Å². The summed E-state index contributed by atoms with van der Waals surface area (Å²) < 4.78 is 6.69. The maximum absolute atomic E-state index is 12.9. The van der Waals surface area contributed by atoms with Gasteiger partial charge in [-0.25, -0.2) is 0 Å². The monoisotopic (exact) mass is 492 g/mol. The number of thiophene rings is 1. The van der Waals surface area contributed by atoms with Crippen LogP contribution >= 0.6 is 11.3 Å². The van der Waals surface area contributed by atoms with E-state index in [2.05, 4.69) is 18.2 Å². The van der Waals surface area contributed by atoms with Gasteiger partial charge in [0.1, 0.15) is 12.4 Å². The predicted molar refractivity (Wildman–Crippen MR) is 137 cm³/mol. The van der Waals surface area contributed by atoms with Crippen LogP contribution in [0.4, 0.5) is 0 Å². The Bertz CT molecular complexity index is 1390. The zero-order valence-electron chi connectivity index (χ0n) is 20.6. The second kappa shape index (κ2) is 11.4. The molecule has 0 aliphatic heterocycles. The predicted octanol–water partition coefficient (Wildman–Crippen LogP) is 2.83. The molecule has 0 radical (unpaired) electrons. The number of ketones is 1. The van der Waals surface area contributed by atoms with Gasteiger partial charge in [0, 0.05) is 20.7 Å². The molecular formula is C29H25NaO4S. The number of carbonyl (C=O) groups is 2. The van der Waals surface area contributed by atoms with Crippen molar-refractivity contribution in [1.29, 1.82) is 0 Å². The van der Waals surface area contributed by atoms with Gasteiger partial charge in [-0.05, 0) is 109 Å². The van der Waals surface area contributed by atoms with Crippen LogP contribution in [0, 0.1) is 27.7 Å². The Morgan fingerprint density at radius 1 is 0.943 bits per heavy atom. The first-order valence-corrected chi connectivity index (χ1v) is 11.8. The number of hydrogen-bond acceptors (Lipinski definition) is 5. The van der Waals surface area contributed by atoms with Gasteiger partial charge in [-0.1, -0.05) is 18.2 Å². The Morgan fingerprint density at radius 2 is 1.63 bits per heavy atom. The van der Waals surface area contributed by atoms with E-state index < -0.39 is 12.6 Å². The van der Waals surface area contributed by atoms with Crippen molar-refractivity contribution in [1.82, 2.24) is 0 Å². The van der Waals surface area contributed by atoms with Gasteiger partial charge in [-0.3, -0.25) is 4.79 Å². The van der Waals surface area contributed by atoms with Gasteiger partial charge in [-0.15, -0.1) is 11.3 Å². The molecule has 0 amide bonds. The summed E-state index contributed by atoms with van der Waals surface area (Å²) in [5.41, 5.74) is 6.52. The normalized spacial score (nSPS) is 11.0. The number of carboxylic acid groups (broad SMARTS) is 1. The van der Waals surface area contributed by atoms with Crippen molar-refractivity contribution >= 4 is 39.3 Å². The molecule has 0 spiro atoms. The third-order valence-electron chi connectivity index (χ3n) is 6.02. The Labute approximate surface area is 231 Å². The maximum Gasteiger partial charge on any atom is 1.00 e. The summed E-state index contributed by atoms with van der Waals surface area (Å²) in [5.74, 6) is -1.03. The van der Waals surface area contributed by atoms with Crippen molar-refractivity contribution in [2.45, 2.75) is 27.7 Å². The van der Waals surface area contributed by atoms with Crippen LogP contribution in [0.5, 0.6) is 5.75 Å². The molecule has 0 unspecified atom stereocenters. The molecule has 1 aromatic heterocycles. The van der Waals surface area contributed by atoms with E-state index in [1.165, 1.54) is 16.3 Å². The second-order valence-corrected chi connectivity index (χ2v) is 9.53. The van der Waals surface area contributed by atoms with Gasteiger partial charge in [0.2, 0.25) is 0 Å². The molecule has 0 N–H and O–H groups in total. The van der Waals surface area contributed by atoms with E-state index in [4.69, 9.17) is 4.74 Å². The molecular weight excluding hydrogens is 467 g/mol. The molecule has 4 aromatic rings. The Balaban J connectivity index is 0.00000342. The Kier molecular flexibility index (Phi) is 8.73. The third kappa shape index (κ3) is 6.11. The maximum atomic E-state index is 12.9. The number of benzene rings is 3. The van der Waals surface area contributed by atoms with Gasteiger partial charge in [0.05, 0.1) is 5.97 Å². The molecule has 1 heterocycles. The van der Waals surface area contributed by atoms with Crippen molar-refractivity contribution in [2.24, 2.45) is 0 Å². The quantitative estimate of drug-likeness (QED) is 0.226. The number of aryl methyl sites for hydroxylation is 3. The molecule has 4 rings (SSSR count). The Hall–Kier alpha value is -2.70. The van der Waals surface area contributed by atoms with Gasteiger partial charge in [0.25, 0.3) is 0 Å². The molecule has 0 saturated carbocycles. The number of carboxylic acids is 1. The van der Waals surface area contributed by atoms with E-state index in [1.54, 1.807) is 17.4 Å². The first kappa shape index (κ1) is 26.9. The molecule has 0 fully saturated rings. The average Bonchev–Trinajstić information content (AvgIpc) is 3.23. The smallest absolute Gasteiger partial charge is 0.546 e. The summed E-state index contributed by atoms with van der Waals surface area (Å²) in [4.78, 5) is 25.0. The number of carbonyl (C=O) groups excluding carboxylic acids is 2. The fourth-order valence-electron chi connectivity index (χ4n) is 3.91. The minimum Gasteiger partial charge on any atom is -0.546 e. The van der Waals surface area contributed by atoms with Crippen molar-refractivity contribution in [2.75, 3.05) is 6.61 Å². The Morgan fingerprint density at radius 3 is 2.29 bits per heavy atom. The van der Waals surface area contributed by atoms with E-state index in [-0.39, 0.29) is 35.3 Å². The van der Waals surface area contributed by atoms with Crippen molar-refractivity contribution in [3.63, 3.8) is 0 Å². The molecule has 0 bridgehead atoms. The second-order valence-electron chi connectivity index (χ2n) is 8.45. The number of ether oxygens (including phenoxy) is 1. The van der Waals surface area contributed by atoms with Crippen LogP contribution in [0.1, 0.15) is 38.2 Å². The molecule has 0 saturated heterocycles. The molecule has 4 nitrogen and oxygen atoms in total. The number of fused-ring (bicyclic) bond motifs is 1. The molecule has 172 valence electrons. The summed E-state index contributed by atoms with van der Waals surface area (Å²) in [6.45, 7) is 7.42. The van der Waals surface area contributed by atoms with Crippen LogP contribution in [0.25, 0.3) is 26.6 Å². The SMILES string of the molecule is Cc1cc(OCC(=O)[O-])c(/C=C/C(=O)c2cc(C)c(C)c(C)c2)cc1-c1cc2ccccc2s1.[Na+]. The first-order chi connectivity index (χ1) is 16.2. The summed E-state index contributed by atoms with van der Waals surface area (Å²) in [6.07, 6.45) is 3.20. The summed E-state index contributed by atoms with van der Waals surface area (Å²) in [6, 6.07) is 17.9. The van der Waals surface area contributed by atoms with E-state index in [1.807, 2.05) is 64.1 Å². The van der Waals surface area contributed by atoms with Gasteiger partial charge < -0.3 is 14.6 Å². The fourth-order valence-corrected chi connectivity index (χ4v) is 5.05. The van der Waals surface area contributed by atoms with Gasteiger partial charge in [0.15, 0.2) is 5.78 Å². The third-order valence-corrected chi connectivity index (χ3v) is 7.17. The van der Waals surface area contributed by atoms with Crippen LogP contribution < -0.4 is 39.4 Å². The summed E-state index contributed by atoms with van der Waals surface area (Å²) in [5, 5.41) is 12.2. The number of allylic oxidation sites excluding steroid dienone is 1.